The standard InChI is InChI=1S/C14H16F5N/c15-11-4-1-5-12(16)10(11)8-13(20)6-2-3-9(7-13)14(17,18)19/h1,4-5,9H,2-3,6-8,20H2. The van der Waals surface area contributed by atoms with Gasteiger partial charge in [-0.2, -0.15) is 13.2 Å². The summed E-state index contributed by atoms with van der Waals surface area (Å²) in [4.78, 5) is 0. The molecule has 1 aliphatic rings. The van der Waals surface area contributed by atoms with Crippen LogP contribution in [-0.4, -0.2) is 11.7 Å². The van der Waals surface area contributed by atoms with Gasteiger partial charge >= 0.3 is 6.18 Å². The van der Waals surface area contributed by atoms with Crippen molar-refractivity contribution in [1.29, 1.82) is 0 Å². The minimum Gasteiger partial charge on any atom is -0.325 e. The van der Waals surface area contributed by atoms with Gasteiger partial charge < -0.3 is 5.73 Å². The molecule has 1 fully saturated rings. The third-order valence-electron chi connectivity index (χ3n) is 3.93. The largest absolute Gasteiger partial charge is 0.391 e. The fourth-order valence-corrected chi connectivity index (χ4v) is 2.89. The molecule has 1 aromatic carbocycles. The number of halogens is 5. The van der Waals surface area contributed by atoms with Gasteiger partial charge in [0.15, 0.2) is 0 Å². The molecule has 0 amide bonds. The van der Waals surface area contributed by atoms with E-state index in [9.17, 15) is 22.0 Å². The number of alkyl halides is 3. The van der Waals surface area contributed by atoms with E-state index in [0.717, 1.165) is 12.1 Å². The Kier molecular flexibility index (Phi) is 4.04. The monoisotopic (exact) mass is 293 g/mol. The predicted molar refractivity (Wildman–Crippen MR) is 65.0 cm³/mol. The average molecular weight is 293 g/mol. The summed E-state index contributed by atoms with van der Waals surface area (Å²) in [5, 5.41) is 0. The molecule has 112 valence electrons. The van der Waals surface area contributed by atoms with Crippen LogP contribution in [-0.2, 0) is 6.42 Å². The predicted octanol–water partition coefficient (Wildman–Crippen LogP) is 3.96. The van der Waals surface area contributed by atoms with Crippen LogP contribution in [0.1, 0.15) is 31.2 Å². The van der Waals surface area contributed by atoms with Crippen molar-refractivity contribution in [2.45, 2.75) is 43.8 Å². The van der Waals surface area contributed by atoms with Gasteiger partial charge in [-0.25, -0.2) is 8.78 Å². The zero-order valence-electron chi connectivity index (χ0n) is 10.8. The molecule has 0 saturated heterocycles. The summed E-state index contributed by atoms with van der Waals surface area (Å²) in [6.45, 7) is 0. The number of hydrogen-bond donors (Lipinski definition) is 1. The molecule has 0 heterocycles. The van der Waals surface area contributed by atoms with Crippen molar-refractivity contribution in [3.8, 4) is 0 Å². The highest BCUT2D eigenvalue weighted by Crippen LogP contribution is 2.42. The lowest BCUT2D eigenvalue weighted by Crippen LogP contribution is -2.49. The molecule has 6 heteroatoms. The molecule has 0 aliphatic heterocycles. The molecule has 0 spiro atoms. The molecule has 2 N–H and O–H groups in total. The third kappa shape index (κ3) is 3.29. The second-order valence-electron chi connectivity index (χ2n) is 5.57. The molecule has 0 radical (unpaired) electrons. The Morgan fingerprint density at radius 1 is 1.20 bits per heavy atom. The quantitative estimate of drug-likeness (QED) is 0.821. The summed E-state index contributed by atoms with van der Waals surface area (Å²) in [5.41, 5.74) is 4.55. The summed E-state index contributed by atoms with van der Waals surface area (Å²) in [7, 11) is 0. The van der Waals surface area contributed by atoms with Crippen LogP contribution in [0.3, 0.4) is 0 Å². The highest BCUT2D eigenvalue weighted by molar-refractivity contribution is 5.22. The lowest BCUT2D eigenvalue weighted by Gasteiger charge is -2.39. The van der Waals surface area contributed by atoms with Gasteiger partial charge in [-0.3, -0.25) is 0 Å². The number of rotatable bonds is 2. The Hall–Kier alpha value is -1.17. The highest BCUT2D eigenvalue weighted by atomic mass is 19.4. The highest BCUT2D eigenvalue weighted by Gasteiger charge is 2.46. The molecule has 2 rings (SSSR count). The number of benzene rings is 1. The normalized spacial score (nSPS) is 27.6. The fourth-order valence-electron chi connectivity index (χ4n) is 2.89. The van der Waals surface area contributed by atoms with Crippen molar-refractivity contribution < 1.29 is 22.0 Å². The summed E-state index contributed by atoms with van der Waals surface area (Å²) in [5.74, 6) is -3.01. The van der Waals surface area contributed by atoms with Crippen LogP contribution in [0.5, 0.6) is 0 Å². The van der Waals surface area contributed by atoms with Crippen molar-refractivity contribution in [3.63, 3.8) is 0 Å². The molecule has 2 atom stereocenters. The Morgan fingerprint density at radius 2 is 1.80 bits per heavy atom. The van der Waals surface area contributed by atoms with Gasteiger partial charge in [-0.15, -0.1) is 0 Å². The van der Waals surface area contributed by atoms with E-state index in [4.69, 9.17) is 5.73 Å². The van der Waals surface area contributed by atoms with Gasteiger partial charge in [0.05, 0.1) is 5.92 Å². The molecule has 0 bridgehead atoms. The Bertz CT molecular complexity index is 465. The van der Waals surface area contributed by atoms with Crippen molar-refractivity contribution >= 4 is 0 Å². The van der Waals surface area contributed by atoms with E-state index in [0.29, 0.717) is 12.8 Å². The maximum atomic E-state index is 13.6. The van der Waals surface area contributed by atoms with E-state index in [-0.39, 0.29) is 24.8 Å². The molecular weight excluding hydrogens is 277 g/mol. The molecule has 0 aromatic heterocycles. The zero-order chi connectivity index (χ0) is 15.0. The Morgan fingerprint density at radius 3 is 2.35 bits per heavy atom. The van der Waals surface area contributed by atoms with Gasteiger partial charge in [0.1, 0.15) is 11.6 Å². The van der Waals surface area contributed by atoms with E-state index < -0.39 is 29.3 Å². The Labute approximate surface area is 114 Å². The lowest BCUT2D eigenvalue weighted by atomic mass is 9.73. The van der Waals surface area contributed by atoms with E-state index in [2.05, 4.69) is 0 Å². The molecule has 1 nitrogen and oxygen atoms in total. The minimum absolute atomic E-state index is 0.0300. The van der Waals surface area contributed by atoms with Gasteiger partial charge in [0.25, 0.3) is 0 Å². The van der Waals surface area contributed by atoms with Crippen LogP contribution in [0.4, 0.5) is 22.0 Å². The maximum absolute atomic E-state index is 13.6. The van der Waals surface area contributed by atoms with Crippen molar-refractivity contribution in [3.05, 3.63) is 35.4 Å². The zero-order valence-corrected chi connectivity index (χ0v) is 10.8. The molecule has 20 heavy (non-hydrogen) atoms. The first kappa shape index (κ1) is 15.2. The summed E-state index contributed by atoms with van der Waals surface area (Å²) in [6.07, 6.45) is -4.12. The minimum atomic E-state index is -4.31. The van der Waals surface area contributed by atoms with E-state index in [1.54, 1.807) is 0 Å². The van der Waals surface area contributed by atoms with Crippen molar-refractivity contribution in [2.24, 2.45) is 11.7 Å². The smallest absolute Gasteiger partial charge is 0.325 e. The Balaban J connectivity index is 2.19. The first-order valence-electron chi connectivity index (χ1n) is 6.50. The number of hydrogen-bond acceptors (Lipinski definition) is 1. The summed E-state index contributed by atoms with van der Waals surface area (Å²) in [6, 6.07) is 3.40. The molecular formula is C14H16F5N. The van der Waals surface area contributed by atoms with Crippen molar-refractivity contribution in [1.82, 2.24) is 0 Å². The lowest BCUT2D eigenvalue weighted by molar-refractivity contribution is -0.187. The third-order valence-corrected chi connectivity index (χ3v) is 3.93. The van der Waals surface area contributed by atoms with Crippen LogP contribution >= 0.6 is 0 Å². The van der Waals surface area contributed by atoms with Crippen LogP contribution in [0.25, 0.3) is 0 Å². The molecule has 1 aliphatic carbocycles. The van der Waals surface area contributed by atoms with Crippen LogP contribution in [0.2, 0.25) is 0 Å². The van der Waals surface area contributed by atoms with E-state index in [1.165, 1.54) is 6.07 Å². The topological polar surface area (TPSA) is 26.0 Å². The number of nitrogens with two attached hydrogens (primary N) is 1. The van der Waals surface area contributed by atoms with Gasteiger partial charge in [0.2, 0.25) is 0 Å². The van der Waals surface area contributed by atoms with Crippen molar-refractivity contribution in [2.75, 3.05) is 0 Å². The van der Waals surface area contributed by atoms with E-state index in [1.807, 2.05) is 0 Å². The van der Waals surface area contributed by atoms with Crippen LogP contribution in [0.15, 0.2) is 18.2 Å². The second-order valence-corrected chi connectivity index (χ2v) is 5.57. The fraction of sp³-hybridized carbons (Fsp3) is 0.571. The van der Waals surface area contributed by atoms with Crippen LogP contribution < -0.4 is 5.73 Å². The maximum Gasteiger partial charge on any atom is 0.391 e. The van der Waals surface area contributed by atoms with Crippen LogP contribution in [0, 0.1) is 17.6 Å². The average Bonchev–Trinajstić information content (AvgIpc) is 2.33. The summed E-state index contributed by atoms with van der Waals surface area (Å²) < 4.78 is 65.5. The summed E-state index contributed by atoms with van der Waals surface area (Å²) >= 11 is 0. The molecule has 1 saturated carbocycles. The second kappa shape index (κ2) is 5.31. The molecule has 2 unspecified atom stereocenters. The SMILES string of the molecule is NC1(Cc2c(F)cccc2F)CCCC(C(F)(F)F)C1. The van der Waals surface area contributed by atoms with E-state index >= 15 is 0 Å². The van der Waals surface area contributed by atoms with Gasteiger partial charge in [-0.05, 0) is 37.8 Å². The van der Waals surface area contributed by atoms with Gasteiger partial charge in [0, 0.05) is 11.1 Å². The molecule has 1 aromatic rings. The van der Waals surface area contributed by atoms with Gasteiger partial charge in [-0.1, -0.05) is 12.5 Å². The first-order chi connectivity index (χ1) is 9.21. The first-order valence-corrected chi connectivity index (χ1v) is 6.50.